The predicted molar refractivity (Wildman–Crippen MR) is 136 cm³/mol. The van der Waals surface area contributed by atoms with Gasteiger partial charge in [0.25, 0.3) is 0 Å². The molecule has 5 rings (SSSR count). The molecule has 3 unspecified atom stereocenters. The Bertz CT molecular complexity index is 1450. The zero-order valence-corrected chi connectivity index (χ0v) is 21.3. The SMILES string of the molecule is CN(C)[C@H]1C(O)C(C(N)=O)C(=O)[C@]2(O)C(=O)C3C(=O)c4c(O)ccc(-c5cccc(C(N)=O)c5)c4C[C@@H]3C[C@H]12. The average Bonchev–Trinajstić information content (AvgIpc) is 2.86. The number of hydrogen-bond donors (Lipinski definition) is 5. The fraction of sp³-hybridized carbons (Fsp3) is 0.393. The van der Waals surface area contributed by atoms with Crippen LogP contribution < -0.4 is 11.5 Å². The van der Waals surface area contributed by atoms with Gasteiger partial charge in [0.1, 0.15) is 11.7 Å². The molecular formula is C28H29N3O8. The number of carbonyl (C=O) groups excluding carboxylic acids is 5. The number of likely N-dealkylation sites (N-methyl/N-ethyl adjacent to an activating group) is 1. The van der Waals surface area contributed by atoms with Gasteiger partial charge in [-0.05, 0) is 67.7 Å². The van der Waals surface area contributed by atoms with Gasteiger partial charge in [-0.3, -0.25) is 24.0 Å². The van der Waals surface area contributed by atoms with Crippen molar-refractivity contribution in [2.24, 2.45) is 35.1 Å². The van der Waals surface area contributed by atoms with Gasteiger partial charge in [-0.2, -0.15) is 0 Å². The fourth-order valence-electron chi connectivity index (χ4n) is 6.93. The van der Waals surface area contributed by atoms with Crippen LogP contribution in [0.25, 0.3) is 11.1 Å². The second kappa shape index (κ2) is 9.08. The number of phenols is 1. The van der Waals surface area contributed by atoms with Gasteiger partial charge >= 0.3 is 0 Å². The Kier molecular flexibility index (Phi) is 6.21. The quantitative estimate of drug-likeness (QED) is 0.318. The Morgan fingerprint density at radius 2 is 1.74 bits per heavy atom. The number of primary amides is 2. The number of Topliss-reactive ketones (excluding diaryl/α,β-unsaturated/α-hetero) is 3. The van der Waals surface area contributed by atoms with Crippen LogP contribution in [0.5, 0.6) is 5.75 Å². The zero-order valence-electron chi connectivity index (χ0n) is 21.3. The molecule has 0 radical (unpaired) electrons. The third-order valence-electron chi connectivity index (χ3n) is 8.63. The maximum atomic E-state index is 13.9. The van der Waals surface area contributed by atoms with E-state index in [2.05, 4.69) is 0 Å². The minimum Gasteiger partial charge on any atom is -0.507 e. The molecule has 0 spiro atoms. The number of fused-ring (bicyclic) bond motifs is 3. The van der Waals surface area contributed by atoms with Crippen LogP contribution in [0.1, 0.15) is 32.7 Å². The lowest BCUT2D eigenvalue weighted by atomic mass is 9.52. The summed E-state index contributed by atoms with van der Waals surface area (Å²) in [6, 6.07) is 8.41. The van der Waals surface area contributed by atoms with E-state index in [9.17, 15) is 39.3 Å². The van der Waals surface area contributed by atoms with Gasteiger partial charge in [0.2, 0.25) is 11.8 Å². The van der Waals surface area contributed by atoms with Gasteiger partial charge in [-0.1, -0.05) is 18.2 Å². The number of carbonyl (C=O) groups is 5. The van der Waals surface area contributed by atoms with Crippen molar-refractivity contribution in [2.75, 3.05) is 14.1 Å². The number of aliphatic hydroxyl groups excluding tert-OH is 1. The van der Waals surface area contributed by atoms with Crippen LogP contribution in [-0.2, 0) is 20.8 Å². The summed E-state index contributed by atoms with van der Waals surface area (Å²) in [5.74, 6) is -10.3. The summed E-state index contributed by atoms with van der Waals surface area (Å²) in [5, 5.41) is 33.3. The predicted octanol–water partition coefficient (Wildman–Crippen LogP) is -0.575. The third-order valence-corrected chi connectivity index (χ3v) is 8.63. The Morgan fingerprint density at radius 1 is 1.05 bits per heavy atom. The van der Waals surface area contributed by atoms with Crippen molar-refractivity contribution in [3.8, 4) is 16.9 Å². The molecule has 0 aromatic heterocycles. The molecule has 3 aliphatic rings. The molecule has 2 fully saturated rings. The maximum Gasteiger partial charge on any atom is 0.248 e. The van der Waals surface area contributed by atoms with E-state index in [4.69, 9.17) is 11.5 Å². The summed E-state index contributed by atoms with van der Waals surface area (Å²) < 4.78 is 0. The molecule has 2 saturated carbocycles. The molecule has 0 bridgehead atoms. The van der Waals surface area contributed by atoms with Crippen LogP contribution in [0, 0.1) is 23.7 Å². The van der Waals surface area contributed by atoms with Crippen molar-refractivity contribution >= 4 is 29.2 Å². The van der Waals surface area contributed by atoms with Crippen LogP contribution in [0.4, 0.5) is 0 Å². The minimum atomic E-state index is -2.72. The number of amides is 2. The number of nitrogens with zero attached hydrogens (tertiary/aromatic N) is 1. The maximum absolute atomic E-state index is 13.9. The molecule has 3 aliphatic carbocycles. The fourth-order valence-corrected chi connectivity index (χ4v) is 6.93. The molecule has 0 aliphatic heterocycles. The molecule has 2 aromatic carbocycles. The summed E-state index contributed by atoms with van der Waals surface area (Å²) in [6.07, 6.45) is -1.42. The van der Waals surface area contributed by atoms with E-state index in [1.54, 1.807) is 44.4 Å². The molecule has 11 heteroatoms. The highest BCUT2D eigenvalue weighted by Gasteiger charge is 2.69. The zero-order chi connectivity index (χ0) is 28.5. The van der Waals surface area contributed by atoms with Crippen molar-refractivity contribution in [3.63, 3.8) is 0 Å². The second-order valence-corrected chi connectivity index (χ2v) is 10.9. The monoisotopic (exact) mass is 535 g/mol. The highest BCUT2D eigenvalue weighted by molar-refractivity contribution is 6.25. The van der Waals surface area contributed by atoms with Gasteiger partial charge in [0.15, 0.2) is 23.0 Å². The summed E-state index contributed by atoms with van der Waals surface area (Å²) in [5.41, 5.74) is 9.85. The number of nitrogens with two attached hydrogens (primary N) is 2. The highest BCUT2D eigenvalue weighted by atomic mass is 16.3. The van der Waals surface area contributed by atoms with Crippen LogP contribution in [0.2, 0.25) is 0 Å². The average molecular weight is 536 g/mol. The molecule has 11 nitrogen and oxygen atoms in total. The van der Waals surface area contributed by atoms with E-state index in [0.29, 0.717) is 16.7 Å². The van der Waals surface area contributed by atoms with Crippen molar-refractivity contribution in [3.05, 3.63) is 53.1 Å². The second-order valence-electron chi connectivity index (χ2n) is 10.9. The van der Waals surface area contributed by atoms with Crippen LogP contribution in [0.3, 0.4) is 0 Å². The molecule has 204 valence electrons. The summed E-state index contributed by atoms with van der Waals surface area (Å²) in [7, 11) is 3.17. The van der Waals surface area contributed by atoms with Gasteiger partial charge in [-0.15, -0.1) is 0 Å². The van der Waals surface area contributed by atoms with Crippen molar-refractivity contribution < 1.29 is 39.3 Å². The molecule has 2 aromatic rings. The highest BCUT2D eigenvalue weighted by Crippen LogP contribution is 2.52. The molecule has 2 amide bonds. The Hall–Kier alpha value is -3.93. The van der Waals surface area contributed by atoms with E-state index in [1.807, 2.05) is 0 Å². The standard InChI is InChI=1S/C28H29N3O8/c1-31(2)21-16-10-13-9-15-14(11-4-3-5-12(8-11)26(29)37)6-7-17(32)19(15)22(33)18(13)24(35)28(16,39)25(36)20(23(21)34)27(30)38/h3-8,13,16,18,20-21,23,32,34,39H,9-10H2,1-2H3,(H2,29,37)(H2,30,38)/t13-,16-,18?,20?,21-,23?,28-/m1/s1. The van der Waals surface area contributed by atoms with Gasteiger partial charge in [0, 0.05) is 17.5 Å². The van der Waals surface area contributed by atoms with E-state index in [-0.39, 0.29) is 29.7 Å². The van der Waals surface area contributed by atoms with Crippen LogP contribution >= 0.6 is 0 Å². The van der Waals surface area contributed by atoms with Crippen LogP contribution in [0.15, 0.2) is 36.4 Å². The first-order chi connectivity index (χ1) is 18.3. The van der Waals surface area contributed by atoms with E-state index >= 15 is 0 Å². The number of ketones is 3. The molecular weight excluding hydrogens is 506 g/mol. The number of benzene rings is 2. The Labute approximate surface area is 223 Å². The number of aromatic hydroxyl groups is 1. The van der Waals surface area contributed by atoms with Crippen molar-refractivity contribution in [1.29, 1.82) is 0 Å². The Balaban J connectivity index is 1.65. The summed E-state index contributed by atoms with van der Waals surface area (Å²) in [4.78, 5) is 66.5. The smallest absolute Gasteiger partial charge is 0.248 e. The molecule has 7 N–H and O–H groups in total. The number of phenolic OH excluding ortho intramolecular Hbond substituents is 1. The lowest BCUT2D eigenvalue weighted by molar-refractivity contribution is -0.190. The van der Waals surface area contributed by atoms with Gasteiger partial charge in [-0.25, -0.2) is 0 Å². The first-order valence-electron chi connectivity index (χ1n) is 12.5. The number of hydrogen-bond acceptors (Lipinski definition) is 9. The van der Waals surface area contributed by atoms with Crippen LogP contribution in [-0.4, -0.2) is 81.2 Å². The number of rotatable bonds is 4. The lowest BCUT2D eigenvalue weighted by Crippen LogP contribution is -2.75. The first-order valence-corrected chi connectivity index (χ1v) is 12.5. The van der Waals surface area contributed by atoms with Gasteiger partial charge in [0.05, 0.1) is 17.6 Å². The topological polar surface area (TPSA) is 201 Å². The van der Waals surface area contributed by atoms with E-state index in [0.717, 1.165) is 0 Å². The van der Waals surface area contributed by atoms with Gasteiger partial charge < -0.3 is 31.7 Å². The van der Waals surface area contributed by atoms with E-state index in [1.165, 1.54) is 11.0 Å². The molecule has 0 saturated heterocycles. The molecule has 7 atom stereocenters. The summed E-state index contributed by atoms with van der Waals surface area (Å²) >= 11 is 0. The lowest BCUT2D eigenvalue weighted by Gasteiger charge is -2.54. The first kappa shape index (κ1) is 26.7. The summed E-state index contributed by atoms with van der Waals surface area (Å²) in [6.45, 7) is 0. The Morgan fingerprint density at radius 3 is 2.36 bits per heavy atom. The molecule has 0 heterocycles. The molecule has 39 heavy (non-hydrogen) atoms. The van der Waals surface area contributed by atoms with Crippen molar-refractivity contribution in [2.45, 2.75) is 30.6 Å². The van der Waals surface area contributed by atoms with Crippen molar-refractivity contribution in [1.82, 2.24) is 4.90 Å². The minimum absolute atomic E-state index is 0.00559. The normalized spacial score (nSPS) is 31.9. The third kappa shape index (κ3) is 3.72. The number of aliphatic hydroxyl groups is 2. The van der Waals surface area contributed by atoms with E-state index < -0.39 is 70.6 Å². The largest absolute Gasteiger partial charge is 0.507 e.